The smallest absolute Gasteiger partial charge is 0.306 e. The average molecular weight is 370 g/mol. The van der Waals surface area contributed by atoms with E-state index in [9.17, 15) is 18.0 Å². The van der Waals surface area contributed by atoms with Gasteiger partial charge in [-0.25, -0.2) is 13.1 Å². The molecule has 1 aromatic rings. The van der Waals surface area contributed by atoms with Crippen LogP contribution in [0.3, 0.4) is 0 Å². The number of amides is 1. The van der Waals surface area contributed by atoms with Crippen LogP contribution >= 0.6 is 0 Å². The summed E-state index contributed by atoms with van der Waals surface area (Å²) in [6.07, 6.45) is 0.948. The average Bonchev–Trinajstić information content (AvgIpc) is 2.52. The number of sulfonamides is 1. The summed E-state index contributed by atoms with van der Waals surface area (Å²) >= 11 is 0. The maximum absolute atomic E-state index is 12.0. The molecule has 1 rings (SSSR count). The molecule has 7 nitrogen and oxygen atoms in total. The molecule has 8 heteroatoms. The molecule has 0 aliphatic heterocycles. The van der Waals surface area contributed by atoms with Crippen molar-refractivity contribution in [3.05, 3.63) is 24.3 Å². The summed E-state index contributed by atoms with van der Waals surface area (Å²) in [5.41, 5.74) is 0.421. The fourth-order valence-electron chi connectivity index (χ4n) is 1.97. The zero-order valence-corrected chi connectivity index (χ0v) is 15.9. The molecular formula is C17H26N2O5S. The van der Waals surface area contributed by atoms with Crippen molar-refractivity contribution in [3.8, 4) is 0 Å². The number of esters is 1. The summed E-state index contributed by atoms with van der Waals surface area (Å²) in [7, 11) is -3.58. The maximum Gasteiger partial charge on any atom is 0.306 e. The zero-order valence-electron chi connectivity index (χ0n) is 15.0. The lowest BCUT2D eigenvalue weighted by Crippen LogP contribution is -2.30. The summed E-state index contributed by atoms with van der Waals surface area (Å²) in [5.74, 6) is -0.883. The number of ether oxygens (including phenoxy) is 1. The topological polar surface area (TPSA) is 102 Å². The van der Waals surface area contributed by atoms with Crippen LogP contribution < -0.4 is 10.0 Å². The van der Waals surface area contributed by atoms with E-state index in [0.29, 0.717) is 12.1 Å². The molecule has 0 unspecified atom stereocenters. The van der Waals surface area contributed by atoms with Gasteiger partial charge in [0.05, 0.1) is 4.90 Å². The molecule has 0 bridgehead atoms. The van der Waals surface area contributed by atoms with Crippen LogP contribution in [0.15, 0.2) is 29.2 Å². The molecule has 25 heavy (non-hydrogen) atoms. The first-order valence-corrected chi connectivity index (χ1v) is 9.76. The second-order valence-corrected chi connectivity index (χ2v) is 7.74. The van der Waals surface area contributed by atoms with E-state index < -0.39 is 28.0 Å². The van der Waals surface area contributed by atoms with Crippen molar-refractivity contribution < 1.29 is 22.7 Å². The third-order valence-electron chi connectivity index (χ3n) is 3.23. The summed E-state index contributed by atoms with van der Waals surface area (Å²) in [5, 5.41) is 2.59. The summed E-state index contributed by atoms with van der Waals surface area (Å²) in [6.45, 7) is 6.92. The van der Waals surface area contributed by atoms with Crippen molar-refractivity contribution in [2.24, 2.45) is 0 Å². The van der Waals surface area contributed by atoms with E-state index in [2.05, 4.69) is 10.0 Å². The molecule has 0 aliphatic carbocycles. The van der Waals surface area contributed by atoms with Crippen LogP contribution in [0.1, 0.15) is 47.0 Å². The summed E-state index contributed by atoms with van der Waals surface area (Å²) in [6, 6.07) is 5.56. The van der Waals surface area contributed by atoms with Gasteiger partial charge in [-0.15, -0.1) is 0 Å². The van der Waals surface area contributed by atoms with Crippen LogP contribution in [0.2, 0.25) is 0 Å². The molecule has 0 spiro atoms. The van der Waals surface area contributed by atoms with Gasteiger partial charge in [0.1, 0.15) is 0 Å². The molecule has 1 amide bonds. The van der Waals surface area contributed by atoms with Gasteiger partial charge in [0, 0.05) is 18.2 Å². The Kier molecular flexibility index (Phi) is 8.05. The minimum atomic E-state index is -3.58. The number of unbranched alkanes of at least 4 members (excludes halogenated alkanes) is 1. The number of carbonyl (C=O) groups excluding carboxylic acids is 2. The zero-order chi connectivity index (χ0) is 19.0. The van der Waals surface area contributed by atoms with Crippen LogP contribution in [0, 0.1) is 0 Å². The van der Waals surface area contributed by atoms with Gasteiger partial charge in [-0.1, -0.05) is 13.3 Å². The van der Waals surface area contributed by atoms with Crippen LogP contribution in [-0.4, -0.2) is 32.4 Å². The van der Waals surface area contributed by atoms with Crippen molar-refractivity contribution in [3.63, 3.8) is 0 Å². The molecule has 0 aromatic heterocycles. The predicted octanol–water partition coefficient (Wildman–Crippen LogP) is 2.43. The van der Waals surface area contributed by atoms with Crippen molar-refractivity contribution in [2.75, 3.05) is 5.32 Å². The van der Waals surface area contributed by atoms with Crippen molar-refractivity contribution in [2.45, 2.75) is 64.0 Å². The second kappa shape index (κ2) is 9.53. The first-order valence-electron chi connectivity index (χ1n) is 8.28. The van der Waals surface area contributed by atoms with Gasteiger partial charge in [-0.05, 0) is 51.5 Å². The Morgan fingerprint density at radius 1 is 1.12 bits per heavy atom. The molecule has 0 saturated carbocycles. The van der Waals surface area contributed by atoms with E-state index in [0.717, 1.165) is 6.42 Å². The Balaban J connectivity index is 2.65. The van der Waals surface area contributed by atoms with E-state index in [1.807, 2.05) is 6.92 Å². The highest BCUT2D eigenvalue weighted by Crippen LogP contribution is 2.15. The lowest BCUT2D eigenvalue weighted by Gasteiger charge is -2.14. The molecule has 0 fully saturated rings. The number of anilines is 1. The van der Waals surface area contributed by atoms with Gasteiger partial charge >= 0.3 is 5.97 Å². The largest absolute Gasteiger partial charge is 0.453 e. The van der Waals surface area contributed by atoms with E-state index in [1.54, 1.807) is 13.8 Å². The lowest BCUT2D eigenvalue weighted by atomic mass is 10.2. The number of hydrogen-bond donors (Lipinski definition) is 2. The van der Waals surface area contributed by atoms with Crippen LogP contribution in [0.4, 0.5) is 5.69 Å². The highest BCUT2D eigenvalue weighted by atomic mass is 32.2. The first-order chi connectivity index (χ1) is 11.7. The number of rotatable bonds is 9. The molecule has 1 aromatic carbocycles. The van der Waals surface area contributed by atoms with E-state index in [1.165, 1.54) is 31.2 Å². The maximum atomic E-state index is 12.0. The normalized spacial score (nSPS) is 12.7. The quantitative estimate of drug-likeness (QED) is 0.650. The van der Waals surface area contributed by atoms with E-state index in [-0.39, 0.29) is 17.4 Å². The number of nitrogens with one attached hydrogen (secondary N) is 2. The molecule has 0 radical (unpaired) electrons. The van der Waals surface area contributed by atoms with E-state index in [4.69, 9.17) is 4.74 Å². The molecular weight excluding hydrogens is 344 g/mol. The van der Waals surface area contributed by atoms with Crippen LogP contribution in [0.5, 0.6) is 0 Å². The first kappa shape index (κ1) is 21.1. The predicted molar refractivity (Wildman–Crippen MR) is 95.6 cm³/mol. The van der Waals surface area contributed by atoms with Gasteiger partial charge in [-0.3, -0.25) is 9.59 Å². The Morgan fingerprint density at radius 2 is 1.72 bits per heavy atom. The number of benzene rings is 1. The molecule has 0 saturated heterocycles. The Bertz CT molecular complexity index is 683. The van der Waals surface area contributed by atoms with Gasteiger partial charge in [0.25, 0.3) is 5.91 Å². The summed E-state index contributed by atoms with van der Waals surface area (Å²) in [4.78, 5) is 23.7. The summed E-state index contributed by atoms with van der Waals surface area (Å²) < 4.78 is 31.6. The van der Waals surface area contributed by atoms with Gasteiger partial charge in [0.2, 0.25) is 10.0 Å². The molecule has 2 N–H and O–H groups in total. The number of hydrogen-bond acceptors (Lipinski definition) is 5. The Labute approximate surface area is 149 Å². The fraction of sp³-hybridized carbons (Fsp3) is 0.529. The Morgan fingerprint density at radius 3 is 2.24 bits per heavy atom. The van der Waals surface area contributed by atoms with Gasteiger partial charge < -0.3 is 10.1 Å². The van der Waals surface area contributed by atoms with Gasteiger partial charge in [0.15, 0.2) is 6.10 Å². The highest BCUT2D eigenvalue weighted by Gasteiger charge is 2.19. The third kappa shape index (κ3) is 7.23. The highest BCUT2D eigenvalue weighted by molar-refractivity contribution is 7.89. The minimum absolute atomic E-state index is 0.109. The fourth-order valence-corrected chi connectivity index (χ4v) is 3.22. The number of carbonyl (C=O) groups is 2. The molecule has 0 heterocycles. The van der Waals surface area contributed by atoms with Crippen LogP contribution in [-0.2, 0) is 24.3 Å². The van der Waals surface area contributed by atoms with E-state index >= 15 is 0 Å². The van der Waals surface area contributed by atoms with Crippen molar-refractivity contribution in [1.82, 2.24) is 4.72 Å². The van der Waals surface area contributed by atoms with Crippen molar-refractivity contribution >= 4 is 27.6 Å². The molecule has 0 aliphatic rings. The van der Waals surface area contributed by atoms with Gasteiger partial charge in [-0.2, -0.15) is 0 Å². The Hall–Kier alpha value is -1.93. The molecule has 140 valence electrons. The van der Waals surface area contributed by atoms with Crippen LogP contribution in [0.25, 0.3) is 0 Å². The third-order valence-corrected chi connectivity index (χ3v) is 4.91. The standard InChI is InChI=1S/C17H26N2O5S/c1-5-6-7-16(20)24-13(4)17(21)18-14-8-10-15(11-9-14)25(22,23)19-12(2)3/h8-13,19H,5-7H2,1-4H3,(H,18,21)/t13-/m0/s1. The second-order valence-electron chi connectivity index (χ2n) is 6.03. The molecule has 1 atom stereocenters. The lowest BCUT2D eigenvalue weighted by molar-refractivity contribution is -0.153. The minimum Gasteiger partial charge on any atom is -0.453 e. The van der Waals surface area contributed by atoms with Crippen molar-refractivity contribution in [1.29, 1.82) is 0 Å². The monoisotopic (exact) mass is 370 g/mol. The SMILES string of the molecule is CCCCC(=O)O[C@@H](C)C(=O)Nc1ccc(S(=O)(=O)NC(C)C)cc1.